The van der Waals surface area contributed by atoms with E-state index >= 15 is 0 Å². The van der Waals surface area contributed by atoms with Crippen molar-refractivity contribution >= 4 is 17.6 Å². The summed E-state index contributed by atoms with van der Waals surface area (Å²) in [6, 6.07) is 7.10. The average molecular weight is 272 g/mol. The van der Waals surface area contributed by atoms with Gasteiger partial charge in [0.05, 0.1) is 5.56 Å². The number of aromatic nitrogens is 1. The van der Waals surface area contributed by atoms with Gasteiger partial charge in [0.25, 0.3) is 5.91 Å². The van der Waals surface area contributed by atoms with Crippen LogP contribution >= 0.6 is 0 Å². The minimum absolute atomic E-state index is 0.272. The van der Waals surface area contributed by atoms with Crippen molar-refractivity contribution in [2.75, 3.05) is 5.32 Å². The fraction of sp³-hybridized carbons (Fsp3) is 0.0714. The van der Waals surface area contributed by atoms with Gasteiger partial charge < -0.3 is 15.5 Å². The molecule has 2 rings (SSSR count). The number of aromatic hydroxyl groups is 1. The van der Waals surface area contributed by atoms with E-state index < -0.39 is 11.9 Å². The molecule has 0 radical (unpaired) electrons. The zero-order valence-electron chi connectivity index (χ0n) is 10.6. The van der Waals surface area contributed by atoms with Crippen LogP contribution in [0.2, 0.25) is 0 Å². The SMILES string of the molecule is Cc1ncccc1C(=O)Nc1ccc(O)c(C(=O)O)c1. The van der Waals surface area contributed by atoms with Gasteiger partial charge in [-0.1, -0.05) is 0 Å². The number of carboxylic acids is 1. The third kappa shape index (κ3) is 2.74. The van der Waals surface area contributed by atoms with Crippen LogP contribution in [-0.4, -0.2) is 27.1 Å². The van der Waals surface area contributed by atoms with E-state index in [4.69, 9.17) is 5.11 Å². The highest BCUT2D eigenvalue weighted by molar-refractivity contribution is 6.05. The number of hydrogen-bond acceptors (Lipinski definition) is 4. The number of hydrogen-bond donors (Lipinski definition) is 3. The van der Waals surface area contributed by atoms with Crippen LogP contribution in [0.1, 0.15) is 26.4 Å². The predicted molar refractivity (Wildman–Crippen MR) is 72.0 cm³/mol. The van der Waals surface area contributed by atoms with Gasteiger partial charge in [0.1, 0.15) is 11.3 Å². The van der Waals surface area contributed by atoms with Crippen LogP contribution in [0.3, 0.4) is 0 Å². The lowest BCUT2D eigenvalue weighted by molar-refractivity contribution is 0.0693. The summed E-state index contributed by atoms with van der Waals surface area (Å²) >= 11 is 0. The summed E-state index contributed by atoms with van der Waals surface area (Å²) in [4.78, 5) is 26.9. The normalized spacial score (nSPS) is 10.1. The summed E-state index contributed by atoms with van der Waals surface area (Å²) in [6.07, 6.45) is 1.58. The first-order valence-electron chi connectivity index (χ1n) is 5.78. The Hall–Kier alpha value is -2.89. The van der Waals surface area contributed by atoms with Gasteiger partial charge in [0, 0.05) is 17.6 Å². The lowest BCUT2D eigenvalue weighted by Crippen LogP contribution is -2.14. The van der Waals surface area contributed by atoms with Crippen LogP contribution in [0, 0.1) is 6.92 Å². The molecule has 2 aromatic rings. The maximum atomic E-state index is 12.0. The van der Waals surface area contributed by atoms with Crippen LogP contribution in [0.4, 0.5) is 5.69 Å². The van der Waals surface area contributed by atoms with E-state index in [0.29, 0.717) is 11.3 Å². The van der Waals surface area contributed by atoms with E-state index in [2.05, 4.69) is 10.3 Å². The molecule has 1 aromatic carbocycles. The molecule has 0 aliphatic carbocycles. The van der Waals surface area contributed by atoms with E-state index in [9.17, 15) is 14.7 Å². The largest absolute Gasteiger partial charge is 0.507 e. The zero-order chi connectivity index (χ0) is 14.7. The van der Waals surface area contributed by atoms with Crippen LogP contribution in [0.5, 0.6) is 5.75 Å². The number of pyridine rings is 1. The molecule has 0 unspecified atom stereocenters. The first-order valence-corrected chi connectivity index (χ1v) is 5.78. The minimum Gasteiger partial charge on any atom is -0.507 e. The molecule has 0 spiro atoms. The Morgan fingerprint density at radius 3 is 2.60 bits per heavy atom. The molecule has 3 N–H and O–H groups in total. The predicted octanol–water partition coefficient (Wildman–Crippen LogP) is 2.05. The van der Waals surface area contributed by atoms with Crippen molar-refractivity contribution in [1.29, 1.82) is 0 Å². The topological polar surface area (TPSA) is 99.5 Å². The number of carboxylic acid groups (broad SMARTS) is 1. The molecule has 1 heterocycles. The lowest BCUT2D eigenvalue weighted by Gasteiger charge is -2.08. The Morgan fingerprint density at radius 2 is 1.95 bits per heavy atom. The number of phenols is 1. The highest BCUT2D eigenvalue weighted by Gasteiger charge is 2.13. The number of amides is 1. The minimum atomic E-state index is -1.27. The fourth-order valence-corrected chi connectivity index (χ4v) is 1.71. The third-order valence-electron chi connectivity index (χ3n) is 2.74. The molecule has 1 amide bonds. The first-order chi connectivity index (χ1) is 9.49. The average Bonchev–Trinajstić information content (AvgIpc) is 2.41. The molecule has 6 heteroatoms. The van der Waals surface area contributed by atoms with Crippen LogP contribution < -0.4 is 5.32 Å². The molecule has 0 atom stereocenters. The van der Waals surface area contributed by atoms with Crippen LogP contribution in [-0.2, 0) is 0 Å². The van der Waals surface area contributed by atoms with Gasteiger partial charge in [-0.3, -0.25) is 9.78 Å². The quantitative estimate of drug-likeness (QED) is 0.742. The van der Waals surface area contributed by atoms with Crippen molar-refractivity contribution in [1.82, 2.24) is 4.98 Å². The van der Waals surface area contributed by atoms with Crippen molar-refractivity contribution in [3.63, 3.8) is 0 Å². The van der Waals surface area contributed by atoms with Crippen molar-refractivity contribution in [2.45, 2.75) is 6.92 Å². The molecule has 0 saturated carbocycles. The van der Waals surface area contributed by atoms with E-state index in [-0.39, 0.29) is 17.0 Å². The Morgan fingerprint density at radius 1 is 1.20 bits per heavy atom. The van der Waals surface area contributed by atoms with E-state index in [1.807, 2.05) is 0 Å². The molecule has 0 bridgehead atoms. The Kier molecular flexibility index (Phi) is 3.65. The number of carbonyl (C=O) groups excluding carboxylic acids is 1. The molecule has 0 saturated heterocycles. The summed E-state index contributed by atoms with van der Waals surface area (Å²) < 4.78 is 0. The molecular weight excluding hydrogens is 260 g/mol. The van der Waals surface area contributed by atoms with Crippen molar-refractivity contribution in [3.8, 4) is 5.75 Å². The highest BCUT2D eigenvalue weighted by Crippen LogP contribution is 2.22. The van der Waals surface area contributed by atoms with Gasteiger partial charge in [-0.25, -0.2) is 4.79 Å². The summed E-state index contributed by atoms with van der Waals surface area (Å²) in [7, 11) is 0. The summed E-state index contributed by atoms with van der Waals surface area (Å²) in [5.41, 5.74) is 0.985. The molecule has 1 aromatic heterocycles. The lowest BCUT2D eigenvalue weighted by atomic mass is 10.1. The van der Waals surface area contributed by atoms with Gasteiger partial charge in [-0.05, 0) is 37.3 Å². The van der Waals surface area contributed by atoms with Gasteiger partial charge in [0.15, 0.2) is 0 Å². The summed E-state index contributed by atoms with van der Waals surface area (Å²) in [5.74, 6) is -2.01. The number of benzene rings is 1. The summed E-state index contributed by atoms with van der Waals surface area (Å²) in [5, 5.41) is 20.9. The summed E-state index contributed by atoms with van der Waals surface area (Å²) in [6.45, 7) is 1.70. The monoisotopic (exact) mass is 272 g/mol. The van der Waals surface area contributed by atoms with Crippen molar-refractivity contribution in [2.24, 2.45) is 0 Å². The van der Waals surface area contributed by atoms with Gasteiger partial charge in [-0.15, -0.1) is 0 Å². The maximum Gasteiger partial charge on any atom is 0.339 e. The standard InChI is InChI=1S/C14H12N2O4/c1-8-10(3-2-6-15-8)13(18)16-9-4-5-12(17)11(7-9)14(19)20/h2-7,17H,1H3,(H,16,18)(H,19,20). The van der Waals surface area contributed by atoms with E-state index in [0.717, 1.165) is 0 Å². The molecule has 0 aliphatic heterocycles. The molecule has 6 nitrogen and oxygen atoms in total. The number of aryl methyl sites for hydroxylation is 1. The number of nitrogens with one attached hydrogen (secondary N) is 1. The second-order valence-corrected chi connectivity index (χ2v) is 4.13. The smallest absolute Gasteiger partial charge is 0.339 e. The van der Waals surface area contributed by atoms with Gasteiger partial charge in [-0.2, -0.15) is 0 Å². The highest BCUT2D eigenvalue weighted by atomic mass is 16.4. The second-order valence-electron chi connectivity index (χ2n) is 4.13. The zero-order valence-corrected chi connectivity index (χ0v) is 10.6. The van der Waals surface area contributed by atoms with Crippen LogP contribution in [0.25, 0.3) is 0 Å². The Labute approximate surface area is 114 Å². The number of anilines is 1. The van der Waals surface area contributed by atoms with E-state index in [1.54, 1.807) is 25.3 Å². The third-order valence-corrected chi connectivity index (χ3v) is 2.74. The molecule has 20 heavy (non-hydrogen) atoms. The molecule has 102 valence electrons. The van der Waals surface area contributed by atoms with Crippen LogP contribution in [0.15, 0.2) is 36.5 Å². The number of nitrogens with zero attached hydrogens (tertiary/aromatic N) is 1. The molecular formula is C14H12N2O4. The number of rotatable bonds is 3. The first kappa shape index (κ1) is 13.5. The maximum absolute atomic E-state index is 12.0. The number of carbonyl (C=O) groups is 2. The van der Waals surface area contributed by atoms with Crippen molar-refractivity contribution < 1.29 is 19.8 Å². The fourth-order valence-electron chi connectivity index (χ4n) is 1.71. The van der Waals surface area contributed by atoms with Gasteiger partial charge in [0.2, 0.25) is 0 Å². The molecule has 0 aliphatic rings. The molecule has 0 fully saturated rings. The Balaban J connectivity index is 2.27. The Bertz CT molecular complexity index is 683. The second kappa shape index (κ2) is 5.40. The number of aromatic carboxylic acids is 1. The van der Waals surface area contributed by atoms with Crippen molar-refractivity contribution in [3.05, 3.63) is 53.3 Å². The van der Waals surface area contributed by atoms with Gasteiger partial charge >= 0.3 is 5.97 Å². The van der Waals surface area contributed by atoms with E-state index in [1.165, 1.54) is 18.2 Å².